The molecule has 104 valence electrons. The largest absolute Gasteiger partial charge is 0.359 e. The van der Waals surface area contributed by atoms with Gasteiger partial charge in [0.2, 0.25) is 11.9 Å². The second kappa shape index (κ2) is 7.99. The summed E-state index contributed by atoms with van der Waals surface area (Å²) < 4.78 is 5.21. The molecule has 0 N–H and O–H groups in total. The fourth-order valence-electron chi connectivity index (χ4n) is 1.09. The smallest absolute Gasteiger partial charge is 0.246 e. The predicted octanol–water partition coefficient (Wildman–Crippen LogP) is 1.16. The summed E-state index contributed by atoms with van der Waals surface area (Å²) in [6, 6.07) is 0. The van der Waals surface area contributed by atoms with Crippen LogP contribution in [-0.4, -0.2) is 54.5 Å². The maximum absolute atomic E-state index is 9.11. The number of alkyl halides is 1. The Bertz CT molecular complexity index is 452. The Labute approximate surface area is 121 Å². The van der Waals surface area contributed by atoms with E-state index in [1.165, 1.54) is 16.7 Å². The molecule has 7 nitrogen and oxygen atoms in total. The highest BCUT2D eigenvalue weighted by Gasteiger charge is 2.14. The molecule has 0 radical (unpaired) electrons. The van der Waals surface area contributed by atoms with Crippen molar-refractivity contribution in [2.24, 2.45) is 0 Å². The molecule has 0 saturated carbocycles. The van der Waals surface area contributed by atoms with Gasteiger partial charge in [-0.3, -0.25) is 0 Å². The zero-order chi connectivity index (χ0) is 14.3. The molecule has 0 amide bonds. The van der Waals surface area contributed by atoms with Crippen LogP contribution in [0.15, 0.2) is 5.16 Å². The Morgan fingerprint density at radius 2 is 2.00 bits per heavy atom. The fourth-order valence-corrected chi connectivity index (χ4v) is 1.54. The third-order valence-electron chi connectivity index (χ3n) is 1.98. The average Bonchev–Trinajstić information content (AvgIpc) is 2.43. The lowest BCUT2D eigenvalue weighted by molar-refractivity contribution is 0.155. The lowest BCUT2D eigenvalue weighted by Crippen LogP contribution is -2.25. The van der Waals surface area contributed by atoms with E-state index < -0.39 is 0 Å². The predicted molar refractivity (Wildman–Crippen MR) is 75.6 cm³/mol. The molecule has 0 aromatic carbocycles. The topological polar surface area (TPSA) is 78.2 Å². The summed E-state index contributed by atoms with van der Waals surface area (Å²) in [5.74, 6) is 1.13. The molecule has 1 aromatic heterocycles. The van der Waals surface area contributed by atoms with Crippen molar-refractivity contribution in [3.05, 3.63) is 0 Å². The van der Waals surface area contributed by atoms with Crippen LogP contribution >= 0.6 is 23.4 Å². The van der Waals surface area contributed by atoms with Gasteiger partial charge in [-0.05, 0) is 6.26 Å². The van der Waals surface area contributed by atoms with E-state index in [2.05, 4.69) is 15.0 Å². The second-order valence-electron chi connectivity index (χ2n) is 3.57. The number of nitriles is 1. The van der Waals surface area contributed by atoms with E-state index >= 15 is 0 Å². The molecule has 9 heteroatoms. The number of rotatable bonds is 7. The molecule has 1 heterocycles. The van der Waals surface area contributed by atoms with Crippen molar-refractivity contribution < 1.29 is 4.74 Å². The number of thioether (sulfide) groups is 1. The highest BCUT2D eigenvalue weighted by molar-refractivity contribution is 7.98. The van der Waals surface area contributed by atoms with Crippen LogP contribution < -0.4 is 9.80 Å². The minimum Gasteiger partial charge on any atom is -0.359 e. The number of hydrogen-bond donors (Lipinski definition) is 0. The van der Waals surface area contributed by atoms with Crippen molar-refractivity contribution >= 4 is 35.3 Å². The third-order valence-corrected chi connectivity index (χ3v) is 2.68. The first kappa shape index (κ1) is 15.8. The minimum absolute atomic E-state index is 0.0634. The lowest BCUT2D eigenvalue weighted by Gasteiger charge is -2.16. The van der Waals surface area contributed by atoms with Gasteiger partial charge in [-0.15, -0.1) is 11.6 Å². The highest BCUT2D eigenvalue weighted by Crippen LogP contribution is 2.17. The molecular weight excluding hydrogens is 288 g/mol. The van der Waals surface area contributed by atoms with Crippen molar-refractivity contribution in [2.75, 3.05) is 49.4 Å². The van der Waals surface area contributed by atoms with Gasteiger partial charge in [0, 0.05) is 20.0 Å². The van der Waals surface area contributed by atoms with E-state index in [1.54, 1.807) is 4.90 Å². The molecule has 0 unspecified atom stereocenters. The van der Waals surface area contributed by atoms with Gasteiger partial charge in [0.25, 0.3) is 0 Å². The van der Waals surface area contributed by atoms with Crippen molar-refractivity contribution in [3.8, 4) is 6.19 Å². The molecule has 0 bridgehead atoms. The first-order valence-electron chi connectivity index (χ1n) is 5.40. The number of halogens is 1. The standard InChI is InChI=1S/C10H15ClN6OS/c1-16(2)8-13-9(15-10(14-8)19-3)17(6-12)7-18-5-4-11/h4-5,7H2,1-3H3. The lowest BCUT2D eigenvalue weighted by atomic mass is 10.7. The zero-order valence-corrected chi connectivity index (χ0v) is 12.6. The van der Waals surface area contributed by atoms with Gasteiger partial charge < -0.3 is 9.64 Å². The quantitative estimate of drug-likeness (QED) is 0.185. The van der Waals surface area contributed by atoms with Crippen molar-refractivity contribution in [3.63, 3.8) is 0 Å². The molecular formula is C10H15ClN6OS. The summed E-state index contributed by atoms with van der Waals surface area (Å²) >= 11 is 6.89. The monoisotopic (exact) mass is 302 g/mol. The van der Waals surface area contributed by atoms with Crippen LogP contribution in [0.25, 0.3) is 0 Å². The number of hydrogen-bond acceptors (Lipinski definition) is 8. The van der Waals surface area contributed by atoms with Crippen LogP contribution in [0.3, 0.4) is 0 Å². The average molecular weight is 303 g/mol. The molecule has 0 aliphatic rings. The second-order valence-corrected chi connectivity index (χ2v) is 4.72. The summed E-state index contributed by atoms with van der Waals surface area (Å²) in [6.45, 7) is 0.425. The maximum Gasteiger partial charge on any atom is 0.246 e. The molecule has 0 saturated heterocycles. The summed E-state index contributed by atoms with van der Waals surface area (Å²) in [4.78, 5) is 15.6. The Morgan fingerprint density at radius 1 is 1.32 bits per heavy atom. The van der Waals surface area contributed by atoms with Crippen molar-refractivity contribution in [1.82, 2.24) is 15.0 Å². The van der Waals surface area contributed by atoms with Gasteiger partial charge in [0.15, 0.2) is 11.3 Å². The molecule has 0 atom stereocenters. The van der Waals surface area contributed by atoms with Gasteiger partial charge in [-0.2, -0.15) is 20.2 Å². The van der Waals surface area contributed by atoms with E-state index in [4.69, 9.17) is 21.6 Å². The van der Waals surface area contributed by atoms with E-state index in [1.807, 2.05) is 26.5 Å². The van der Waals surface area contributed by atoms with Crippen molar-refractivity contribution in [1.29, 1.82) is 5.26 Å². The Kier molecular flexibility index (Phi) is 6.62. The first-order valence-corrected chi connectivity index (χ1v) is 7.16. The van der Waals surface area contributed by atoms with Crippen LogP contribution in [-0.2, 0) is 4.74 Å². The molecule has 0 aliphatic carbocycles. The number of nitrogens with zero attached hydrogens (tertiary/aromatic N) is 6. The van der Waals surface area contributed by atoms with Crippen LogP contribution in [0.5, 0.6) is 0 Å². The summed E-state index contributed by atoms with van der Waals surface area (Å²) in [5.41, 5.74) is 0. The molecule has 0 aliphatic heterocycles. The van der Waals surface area contributed by atoms with Gasteiger partial charge in [-0.25, -0.2) is 4.90 Å². The Hall–Kier alpha value is -1.30. The first-order chi connectivity index (χ1) is 9.12. The molecule has 19 heavy (non-hydrogen) atoms. The van der Waals surface area contributed by atoms with E-state index in [0.29, 0.717) is 23.6 Å². The van der Waals surface area contributed by atoms with Gasteiger partial charge in [-0.1, -0.05) is 11.8 Å². The zero-order valence-electron chi connectivity index (χ0n) is 11.0. The van der Waals surface area contributed by atoms with E-state index in [9.17, 15) is 0 Å². The van der Waals surface area contributed by atoms with Gasteiger partial charge in [0.1, 0.15) is 6.73 Å². The SMILES string of the molecule is CSc1nc(N(C)C)nc(N(C#N)COCCCl)n1. The maximum atomic E-state index is 9.11. The summed E-state index contributed by atoms with van der Waals surface area (Å²) in [7, 11) is 3.65. The third kappa shape index (κ3) is 4.70. The molecule has 1 rings (SSSR count). The van der Waals surface area contributed by atoms with Crippen LogP contribution in [0.1, 0.15) is 0 Å². The fraction of sp³-hybridized carbons (Fsp3) is 0.600. The highest BCUT2D eigenvalue weighted by atomic mass is 35.5. The molecule has 1 aromatic rings. The number of ether oxygens (including phenoxy) is 1. The van der Waals surface area contributed by atoms with E-state index in [0.717, 1.165) is 0 Å². The van der Waals surface area contributed by atoms with Crippen LogP contribution in [0, 0.1) is 11.5 Å². The minimum atomic E-state index is 0.0634. The van der Waals surface area contributed by atoms with Crippen LogP contribution in [0.4, 0.5) is 11.9 Å². The molecule has 0 spiro atoms. The Balaban J connectivity index is 2.96. The van der Waals surface area contributed by atoms with Gasteiger partial charge in [0.05, 0.1) is 6.61 Å². The Morgan fingerprint density at radius 3 is 2.53 bits per heavy atom. The summed E-state index contributed by atoms with van der Waals surface area (Å²) in [5, 5.41) is 9.66. The summed E-state index contributed by atoms with van der Waals surface area (Å²) in [6.07, 6.45) is 3.84. The van der Waals surface area contributed by atoms with Gasteiger partial charge >= 0.3 is 0 Å². The number of anilines is 2. The molecule has 0 fully saturated rings. The number of aromatic nitrogens is 3. The normalized spacial score (nSPS) is 10.1. The van der Waals surface area contributed by atoms with E-state index in [-0.39, 0.29) is 12.7 Å². The van der Waals surface area contributed by atoms with Crippen molar-refractivity contribution in [2.45, 2.75) is 5.16 Å². The van der Waals surface area contributed by atoms with Crippen LogP contribution in [0.2, 0.25) is 0 Å².